The van der Waals surface area contributed by atoms with Gasteiger partial charge in [0.2, 0.25) is 5.95 Å². The molecule has 2 heterocycles. The van der Waals surface area contributed by atoms with Gasteiger partial charge in [-0.3, -0.25) is 4.79 Å². The molecule has 1 unspecified atom stereocenters. The lowest BCUT2D eigenvalue weighted by atomic mass is 9.94. The highest BCUT2D eigenvalue weighted by Gasteiger charge is 2.35. The number of aromatic nitrogens is 3. The van der Waals surface area contributed by atoms with Crippen LogP contribution in [0.5, 0.6) is 17.2 Å². The number of nitrogens with zero attached hydrogens (tertiary/aromatic N) is 3. The summed E-state index contributed by atoms with van der Waals surface area (Å²) in [7, 11) is 1.58. The molecule has 1 amide bonds. The van der Waals surface area contributed by atoms with Crippen LogP contribution in [-0.2, 0) is 11.4 Å². The maximum atomic E-state index is 13.8. The lowest BCUT2D eigenvalue weighted by Crippen LogP contribution is -2.31. The van der Waals surface area contributed by atoms with Crippen LogP contribution < -0.4 is 24.8 Å². The molecule has 0 radical (unpaired) electrons. The molecule has 1 aliphatic rings. The van der Waals surface area contributed by atoms with E-state index in [-0.39, 0.29) is 5.91 Å². The molecule has 1 atom stereocenters. The third-order valence-corrected chi connectivity index (χ3v) is 7.46. The van der Waals surface area contributed by atoms with Crippen LogP contribution in [0, 0.1) is 0 Å². The summed E-state index contributed by atoms with van der Waals surface area (Å²) in [4.78, 5) is 18.2. The van der Waals surface area contributed by atoms with E-state index in [1.54, 1.807) is 11.8 Å². The number of para-hydroxylation sites is 2. The second kappa shape index (κ2) is 12.1. The third kappa shape index (κ3) is 5.71. The van der Waals surface area contributed by atoms with Crippen LogP contribution in [0.1, 0.15) is 31.0 Å². The number of hydrogen-bond donors (Lipinski definition) is 2. The molecule has 9 nitrogen and oxygen atoms in total. The highest BCUT2D eigenvalue weighted by atomic mass is 79.9. The molecule has 0 bridgehead atoms. The number of hydrogen-bond acceptors (Lipinski definition) is 7. The topological polar surface area (TPSA) is 99.5 Å². The second-order valence-electron chi connectivity index (χ2n) is 8.93. The second-order valence-corrected chi connectivity index (χ2v) is 10.7. The average molecular weight is 669 g/mol. The third-order valence-electron chi connectivity index (χ3n) is 6.34. The van der Waals surface area contributed by atoms with Gasteiger partial charge < -0.3 is 24.8 Å². The van der Waals surface area contributed by atoms with E-state index in [1.807, 2.05) is 74.5 Å². The van der Waals surface area contributed by atoms with Gasteiger partial charge in [-0.1, -0.05) is 40.2 Å². The number of fused-ring (bicyclic) bond motifs is 1. The number of allylic oxidation sites excluding steroid dienone is 1. The van der Waals surface area contributed by atoms with Crippen molar-refractivity contribution in [3.63, 3.8) is 0 Å². The van der Waals surface area contributed by atoms with Crippen LogP contribution in [0.15, 0.2) is 87.2 Å². The van der Waals surface area contributed by atoms with E-state index < -0.39 is 6.04 Å². The van der Waals surface area contributed by atoms with Gasteiger partial charge in [0.1, 0.15) is 24.7 Å². The summed E-state index contributed by atoms with van der Waals surface area (Å²) in [5.41, 5.74) is 3.48. The lowest BCUT2D eigenvalue weighted by Gasteiger charge is -2.29. The SMILES string of the molecule is CCOc1ccccc1NC(=O)C1=C(C)Nc2ncnn2C1c1cc(Br)c(OCc2ccc(Br)cc2)c(OC)c1. The molecule has 0 fully saturated rings. The van der Waals surface area contributed by atoms with Crippen molar-refractivity contribution in [2.45, 2.75) is 26.5 Å². The Kier molecular flexibility index (Phi) is 8.41. The molecular weight excluding hydrogens is 642 g/mol. The van der Waals surface area contributed by atoms with Crippen molar-refractivity contribution >= 4 is 49.4 Å². The van der Waals surface area contributed by atoms with Gasteiger partial charge in [0.25, 0.3) is 5.91 Å². The highest BCUT2D eigenvalue weighted by Crippen LogP contribution is 2.43. The molecule has 2 N–H and O–H groups in total. The molecule has 1 aromatic heterocycles. The van der Waals surface area contributed by atoms with Gasteiger partial charge in [0, 0.05) is 10.2 Å². The molecule has 0 saturated heterocycles. The first kappa shape index (κ1) is 27.7. The number of carbonyl (C=O) groups excluding carboxylic acids is 1. The molecule has 1 aliphatic heterocycles. The zero-order valence-electron chi connectivity index (χ0n) is 22.1. The summed E-state index contributed by atoms with van der Waals surface area (Å²) in [5.74, 6) is 1.89. The van der Waals surface area contributed by atoms with Gasteiger partial charge in [-0.05, 0) is 77.3 Å². The van der Waals surface area contributed by atoms with Gasteiger partial charge >= 0.3 is 0 Å². The lowest BCUT2D eigenvalue weighted by molar-refractivity contribution is -0.113. The molecule has 40 heavy (non-hydrogen) atoms. The van der Waals surface area contributed by atoms with Crippen LogP contribution in [0.4, 0.5) is 11.6 Å². The molecule has 5 rings (SSSR count). The van der Waals surface area contributed by atoms with Crippen LogP contribution in [-0.4, -0.2) is 34.4 Å². The Balaban J connectivity index is 1.51. The minimum absolute atomic E-state index is 0.297. The first-order valence-electron chi connectivity index (χ1n) is 12.5. The number of carbonyl (C=O) groups is 1. The predicted molar refractivity (Wildman–Crippen MR) is 160 cm³/mol. The van der Waals surface area contributed by atoms with Crippen molar-refractivity contribution in [1.82, 2.24) is 14.8 Å². The first-order valence-corrected chi connectivity index (χ1v) is 14.1. The maximum absolute atomic E-state index is 13.8. The summed E-state index contributed by atoms with van der Waals surface area (Å²) >= 11 is 7.12. The molecule has 11 heteroatoms. The van der Waals surface area contributed by atoms with E-state index in [2.05, 4.69) is 52.6 Å². The smallest absolute Gasteiger partial charge is 0.255 e. The fraction of sp³-hybridized carbons (Fsp3) is 0.207. The molecule has 4 aromatic rings. The monoisotopic (exact) mass is 667 g/mol. The predicted octanol–water partition coefficient (Wildman–Crippen LogP) is 6.72. The Morgan fingerprint density at radius 2 is 1.85 bits per heavy atom. The summed E-state index contributed by atoms with van der Waals surface area (Å²) in [5, 5.41) is 10.7. The summed E-state index contributed by atoms with van der Waals surface area (Å²) in [6.45, 7) is 4.58. The zero-order chi connectivity index (χ0) is 28.2. The number of benzene rings is 3. The zero-order valence-corrected chi connectivity index (χ0v) is 25.2. The number of methoxy groups -OCH3 is 1. The van der Waals surface area contributed by atoms with Crippen molar-refractivity contribution in [3.8, 4) is 17.2 Å². The molecule has 0 spiro atoms. The Morgan fingerprint density at radius 3 is 2.60 bits per heavy atom. The Hall–Kier alpha value is -3.83. The molecule has 0 aliphatic carbocycles. The Bertz CT molecular complexity index is 1570. The molecule has 3 aromatic carbocycles. The van der Waals surface area contributed by atoms with Crippen molar-refractivity contribution in [2.24, 2.45) is 0 Å². The van der Waals surface area contributed by atoms with E-state index in [0.29, 0.717) is 57.8 Å². The maximum Gasteiger partial charge on any atom is 0.255 e. The largest absolute Gasteiger partial charge is 0.493 e. The van der Waals surface area contributed by atoms with Crippen LogP contribution in [0.25, 0.3) is 0 Å². The van der Waals surface area contributed by atoms with Gasteiger partial charge in [-0.2, -0.15) is 10.1 Å². The molecule has 206 valence electrons. The number of halogens is 2. The van der Waals surface area contributed by atoms with Gasteiger partial charge in [-0.25, -0.2) is 4.68 Å². The minimum Gasteiger partial charge on any atom is -0.493 e. The summed E-state index contributed by atoms with van der Waals surface area (Å²) < 4.78 is 21.0. The number of rotatable bonds is 9. The molecular formula is C29H27Br2N5O4. The number of anilines is 2. The van der Waals surface area contributed by atoms with Gasteiger partial charge in [0.05, 0.1) is 29.4 Å². The Morgan fingerprint density at radius 1 is 1.07 bits per heavy atom. The summed E-state index contributed by atoms with van der Waals surface area (Å²) in [6, 6.07) is 18.4. The fourth-order valence-electron chi connectivity index (χ4n) is 4.51. The van der Waals surface area contributed by atoms with Crippen molar-refractivity contribution < 1.29 is 19.0 Å². The first-order chi connectivity index (χ1) is 19.4. The summed E-state index contributed by atoms with van der Waals surface area (Å²) in [6.07, 6.45) is 1.45. The number of amides is 1. The van der Waals surface area contributed by atoms with E-state index in [1.165, 1.54) is 6.33 Å². The van der Waals surface area contributed by atoms with Crippen molar-refractivity contribution in [1.29, 1.82) is 0 Å². The van der Waals surface area contributed by atoms with Gasteiger partial charge in [-0.15, -0.1) is 0 Å². The molecule has 0 saturated carbocycles. The fourth-order valence-corrected chi connectivity index (χ4v) is 5.35. The highest BCUT2D eigenvalue weighted by molar-refractivity contribution is 9.10. The Labute approximate surface area is 248 Å². The minimum atomic E-state index is -0.594. The van der Waals surface area contributed by atoms with E-state index in [0.717, 1.165) is 15.6 Å². The van der Waals surface area contributed by atoms with Crippen LogP contribution in [0.3, 0.4) is 0 Å². The quantitative estimate of drug-likeness (QED) is 0.204. The van der Waals surface area contributed by atoms with E-state index in [9.17, 15) is 4.79 Å². The van der Waals surface area contributed by atoms with Crippen molar-refractivity contribution in [3.05, 3.63) is 98.3 Å². The normalized spacial score (nSPS) is 14.3. The van der Waals surface area contributed by atoms with Gasteiger partial charge in [0.15, 0.2) is 11.5 Å². The average Bonchev–Trinajstić information content (AvgIpc) is 3.41. The number of ether oxygens (including phenoxy) is 3. The van der Waals surface area contributed by atoms with E-state index in [4.69, 9.17) is 14.2 Å². The van der Waals surface area contributed by atoms with E-state index >= 15 is 0 Å². The standard InChI is InChI=1S/C29H27Br2N5O4/c1-4-39-23-8-6-5-7-22(23)35-28(37)25-17(2)34-29-32-16-33-36(29)26(25)19-13-21(31)27(24(14-19)38-3)40-15-18-9-11-20(30)12-10-18/h5-14,16,26H,4,15H2,1-3H3,(H,35,37)(H,32,33,34). The number of nitrogens with one attached hydrogen (secondary N) is 2. The van der Waals surface area contributed by atoms with Crippen molar-refractivity contribution in [2.75, 3.05) is 24.4 Å². The van der Waals surface area contributed by atoms with Crippen LogP contribution in [0.2, 0.25) is 0 Å². The van der Waals surface area contributed by atoms with Crippen LogP contribution >= 0.6 is 31.9 Å².